The van der Waals surface area contributed by atoms with Crippen LogP contribution in [0.3, 0.4) is 0 Å². The van der Waals surface area contributed by atoms with Crippen molar-refractivity contribution in [3.8, 4) is 0 Å². The Balaban J connectivity index is 1.97. The molecular formula is C25H23NO. The van der Waals surface area contributed by atoms with E-state index in [2.05, 4.69) is 79.4 Å². The van der Waals surface area contributed by atoms with E-state index in [1.54, 1.807) is 7.11 Å². The molecule has 0 aromatic heterocycles. The van der Waals surface area contributed by atoms with Gasteiger partial charge in [-0.25, -0.2) is 0 Å². The van der Waals surface area contributed by atoms with Gasteiger partial charge in [0.25, 0.3) is 0 Å². The summed E-state index contributed by atoms with van der Waals surface area (Å²) in [6.45, 7) is 3.64. The summed E-state index contributed by atoms with van der Waals surface area (Å²) in [6, 6.07) is 27.6. The predicted molar refractivity (Wildman–Crippen MR) is 111 cm³/mol. The standard InChI is InChI=1S/C25H23NO/c1-19-13-14-24-22(15-19)17-26(27-2)18-23(24)16-25(20-9-5-3-6-10-20)21-11-7-4-8-12-21/h3-15H,17-18H2,1-2H3. The zero-order chi connectivity index (χ0) is 18.6. The molecule has 0 spiro atoms. The lowest BCUT2D eigenvalue weighted by molar-refractivity contribution is -0.130. The van der Waals surface area contributed by atoms with Crippen molar-refractivity contribution in [3.63, 3.8) is 0 Å². The molecule has 0 aliphatic carbocycles. The number of hydrogen-bond acceptors (Lipinski definition) is 2. The summed E-state index contributed by atoms with van der Waals surface area (Å²) in [5, 5.41) is 1.98. The first-order chi connectivity index (χ1) is 13.2. The van der Waals surface area contributed by atoms with Crippen LogP contribution in [0, 0.1) is 6.92 Å². The Morgan fingerprint density at radius 1 is 0.852 bits per heavy atom. The average Bonchev–Trinajstić information content (AvgIpc) is 2.72. The Morgan fingerprint density at radius 2 is 1.48 bits per heavy atom. The first-order valence-electron chi connectivity index (χ1n) is 9.24. The van der Waals surface area contributed by atoms with Crippen LogP contribution in [0.15, 0.2) is 84.6 Å². The van der Waals surface area contributed by atoms with E-state index in [0.29, 0.717) is 0 Å². The number of hydroxylamine groups is 2. The van der Waals surface area contributed by atoms with E-state index in [1.807, 2.05) is 17.2 Å². The van der Waals surface area contributed by atoms with Crippen LogP contribution >= 0.6 is 0 Å². The second-order valence-corrected chi connectivity index (χ2v) is 6.85. The number of nitrogens with zero attached hydrogens (tertiary/aromatic N) is 1. The zero-order valence-electron chi connectivity index (χ0n) is 15.8. The Morgan fingerprint density at radius 3 is 2.07 bits per heavy atom. The Kier molecular flexibility index (Phi) is 5.04. The normalized spacial score (nSPS) is 13.8. The lowest BCUT2D eigenvalue weighted by Gasteiger charge is -2.28. The largest absolute Gasteiger partial charge is 0.302 e. The van der Waals surface area contributed by atoms with Gasteiger partial charge in [0.15, 0.2) is 0 Å². The first kappa shape index (κ1) is 17.5. The number of hydrogen-bond donors (Lipinski definition) is 0. The van der Waals surface area contributed by atoms with Crippen molar-refractivity contribution in [2.45, 2.75) is 13.5 Å². The number of aryl methyl sites for hydroxylation is 1. The molecule has 2 nitrogen and oxygen atoms in total. The van der Waals surface area contributed by atoms with Crippen LogP contribution in [-0.2, 0) is 11.4 Å². The van der Waals surface area contributed by atoms with Crippen molar-refractivity contribution >= 4 is 11.1 Å². The van der Waals surface area contributed by atoms with Crippen LogP contribution in [0.1, 0.15) is 27.8 Å². The maximum Gasteiger partial charge on any atom is 0.0575 e. The van der Waals surface area contributed by atoms with Gasteiger partial charge in [0.2, 0.25) is 0 Å². The van der Waals surface area contributed by atoms with Gasteiger partial charge in [0.1, 0.15) is 0 Å². The number of benzene rings is 3. The zero-order valence-corrected chi connectivity index (χ0v) is 15.8. The molecule has 134 valence electrons. The van der Waals surface area contributed by atoms with Crippen LogP contribution in [-0.4, -0.2) is 18.7 Å². The molecule has 3 aromatic rings. The molecule has 4 rings (SSSR count). The van der Waals surface area contributed by atoms with Gasteiger partial charge in [-0.3, -0.25) is 0 Å². The quantitative estimate of drug-likeness (QED) is 0.578. The van der Waals surface area contributed by atoms with Gasteiger partial charge in [0, 0.05) is 11.1 Å². The second-order valence-electron chi connectivity index (χ2n) is 6.85. The highest BCUT2D eigenvalue weighted by Crippen LogP contribution is 2.30. The van der Waals surface area contributed by atoms with Crippen molar-refractivity contribution in [1.82, 2.24) is 5.06 Å². The summed E-state index contributed by atoms with van der Waals surface area (Å²) in [5.74, 6) is 0. The Labute approximate surface area is 161 Å². The fourth-order valence-electron chi connectivity index (χ4n) is 3.56. The summed E-state index contributed by atoms with van der Waals surface area (Å²) >= 11 is 0. The van der Waals surface area contributed by atoms with Crippen molar-refractivity contribution in [2.24, 2.45) is 0 Å². The fraction of sp³-hybridized carbons (Fsp3) is 0.160. The highest BCUT2D eigenvalue weighted by atomic mass is 16.7. The molecule has 0 fully saturated rings. The molecule has 1 aliphatic heterocycles. The molecule has 0 saturated carbocycles. The molecular weight excluding hydrogens is 330 g/mol. The third-order valence-corrected chi connectivity index (χ3v) is 4.93. The van der Waals surface area contributed by atoms with Gasteiger partial charge in [-0.15, -0.1) is 5.73 Å². The van der Waals surface area contributed by atoms with Crippen LogP contribution < -0.4 is 0 Å². The summed E-state index contributed by atoms with van der Waals surface area (Å²) in [4.78, 5) is 5.57. The highest BCUT2D eigenvalue weighted by molar-refractivity contribution is 5.85. The van der Waals surface area contributed by atoms with E-state index in [4.69, 9.17) is 4.84 Å². The monoisotopic (exact) mass is 353 g/mol. The lowest BCUT2D eigenvalue weighted by Crippen LogP contribution is -2.28. The van der Waals surface area contributed by atoms with Gasteiger partial charge < -0.3 is 4.84 Å². The smallest absolute Gasteiger partial charge is 0.0575 e. The molecule has 0 bridgehead atoms. The highest BCUT2D eigenvalue weighted by Gasteiger charge is 2.20. The minimum absolute atomic E-state index is 0.718. The van der Waals surface area contributed by atoms with E-state index in [0.717, 1.165) is 24.2 Å². The Bertz CT molecular complexity index is 958. The molecule has 1 aliphatic rings. The van der Waals surface area contributed by atoms with Crippen LogP contribution in [0.2, 0.25) is 0 Å². The minimum atomic E-state index is 0.718. The fourth-order valence-corrected chi connectivity index (χ4v) is 3.56. The molecule has 2 heteroatoms. The van der Waals surface area contributed by atoms with Crippen molar-refractivity contribution in [3.05, 3.63) is 112 Å². The lowest BCUT2D eigenvalue weighted by atomic mass is 9.92. The number of rotatable bonds is 3. The van der Waals surface area contributed by atoms with Crippen LogP contribution in [0.25, 0.3) is 11.1 Å². The molecule has 0 unspecified atom stereocenters. The van der Waals surface area contributed by atoms with Gasteiger partial charge in [-0.05, 0) is 29.2 Å². The third kappa shape index (κ3) is 3.79. The molecule has 0 amide bonds. The topological polar surface area (TPSA) is 12.5 Å². The third-order valence-electron chi connectivity index (χ3n) is 4.93. The molecule has 0 atom stereocenters. The number of fused-ring (bicyclic) bond motifs is 1. The van der Waals surface area contributed by atoms with Gasteiger partial charge in [-0.2, -0.15) is 5.06 Å². The van der Waals surface area contributed by atoms with E-state index in [9.17, 15) is 0 Å². The van der Waals surface area contributed by atoms with Crippen molar-refractivity contribution in [2.75, 3.05) is 13.7 Å². The average molecular weight is 353 g/mol. The van der Waals surface area contributed by atoms with Crippen LogP contribution in [0.4, 0.5) is 0 Å². The van der Waals surface area contributed by atoms with Crippen molar-refractivity contribution < 1.29 is 4.84 Å². The van der Waals surface area contributed by atoms with E-state index < -0.39 is 0 Å². The molecule has 3 aromatic carbocycles. The maximum atomic E-state index is 5.57. The van der Waals surface area contributed by atoms with Gasteiger partial charge in [0.05, 0.1) is 20.2 Å². The van der Waals surface area contributed by atoms with Gasteiger partial charge in [-0.1, -0.05) is 84.4 Å². The van der Waals surface area contributed by atoms with E-state index >= 15 is 0 Å². The molecule has 0 radical (unpaired) electrons. The van der Waals surface area contributed by atoms with Crippen LogP contribution in [0.5, 0.6) is 0 Å². The second kappa shape index (κ2) is 7.77. The van der Waals surface area contributed by atoms with E-state index in [-0.39, 0.29) is 0 Å². The van der Waals surface area contributed by atoms with Gasteiger partial charge >= 0.3 is 0 Å². The predicted octanol–water partition coefficient (Wildman–Crippen LogP) is 5.49. The van der Waals surface area contributed by atoms with E-state index in [1.165, 1.54) is 27.8 Å². The summed E-state index contributed by atoms with van der Waals surface area (Å²) in [5.41, 5.74) is 12.1. The molecule has 1 heterocycles. The Hall–Kier alpha value is -2.90. The molecule has 0 N–H and O–H groups in total. The minimum Gasteiger partial charge on any atom is -0.302 e. The molecule has 0 saturated heterocycles. The maximum absolute atomic E-state index is 5.57. The SMILES string of the molecule is CON1CC(=C=C(c2ccccc2)c2ccccc2)c2ccc(C)cc2C1. The summed E-state index contributed by atoms with van der Waals surface area (Å²) in [6.07, 6.45) is 0. The first-order valence-corrected chi connectivity index (χ1v) is 9.24. The molecule has 27 heavy (non-hydrogen) atoms. The summed E-state index contributed by atoms with van der Waals surface area (Å²) in [7, 11) is 1.73. The summed E-state index contributed by atoms with van der Waals surface area (Å²) < 4.78 is 0. The van der Waals surface area contributed by atoms with Crippen molar-refractivity contribution in [1.29, 1.82) is 0 Å².